The van der Waals surface area contributed by atoms with Gasteiger partial charge in [0.15, 0.2) is 6.10 Å². The molecule has 1 aromatic heterocycles. The molecule has 2 saturated heterocycles. The molecule has 0 aliphatic carbocycles. The van der Waals surface area contributed by atoms with Crippen LogP contribution in [-0.2, 0) is 24.2 Å². The second-order valence-corrected chi connectivity index (χ2v) is 10.8. The first-order valence-corrected chi connectivity index (χ1v) is 13.8. The van der Waals surface area contributed by atoms with E-state index in [4.69, 9.17) is 18.9 Å². The molecular weight excluding hydrogens is 522 g/mol. The highest BCUT2D eigenvalue weighted by Crippen LogP contribution is 2.31. The summed E-state index contributed by atoms with van der Waals surface area (Å²) in [6.07, 6.45) is -1.01. The highest BCUT2D eigenvalue weighted by Gasteiger charge is 2.50. The topological polar surface area (TPSA) is 125 Å². The number of aromatic nitrogens is 1. The summed E-state index contributed by atoms with van der Waals surface area (Å²) < 4.78 is 52.0. The van der Waals surface area contributed by atoms with Gasteiger partial charge in [-0.15, -0.1) is 0 Å². The van der Waals surface area contributed by atoms with Crippen LogP contribution in [0.1, 0.15) is 0 Å². The molecule has 0 unspecified atom stereocenters. The molecule has 0 bridgehead atoms. The van der Waals surface area contributed by atoms with E-state index in [9.17, 15) is 13.2 Å². The van der Waals surface area contributed by atoms with Crippen molar-refractivity contribution in [3.05, 3.63) is 91.1 Å². The van der Waals surface area contributed by atoms with Gasteiger partial charge < -0.3 is 18.9 Å². The van der Waals surface area contributed by atoms with E-state index in [0.29, 0.717) is 22.7 Å². The summed E-state index contributed by atoms with van der Waals surface area (Å²) in [6.45, 7) is 0.164. The summed E-state index contributed by atoms with van der Waals surface area (Å²) in [7, 11) is -3.92. The highest BCUT2D eigenvalue weighted by molar-refractivity contribution is 7.89. The molecule has 0 spiro atoms. The molecule has 0 radical (unpaired) electrons. The van der Waals surface area contributed by atoms with Gasteiger partial charge in [0.25, 0.3) is 0 Å². The largest absolute Gasteiger partial charge is 0.457 e. The Morgan fingerprint density at radius 1 is 0.846 bits per heavy atom. The van der Waals surface area contributed by atoms with Crippen LogP contribution in [0, 0.1) is 0 Å². The molecule has 3 heterocycles. The number of ether oxygens (including phenoxy) is 4. The smallest absolute Gasteiger partial charge is 0.412 e. The predicted molar refractivity (Wildman–Crippen MR) is 142 cm³/mol. The standard InChI is InChI=1S/C28H25N3O7S/c32-28(30-19-11-13-21(14-12-19)37-20-8-2-1-3-9-20)38-23-17-36-26-22(16-35-27(23)26)31-39(33,34)24-10-4-6-18-7-5-15-29-25(18)24/h1-15,22-23,26-27,31H,16-17H2,(H,30,32)/t22-,23+,26+,27+/m0/s1. The summed E-state index contributed by atoms with van der Waals surface area (Å²) in [4.78, 5) is 16.9. The second-order valence-electron chi connectivity index (χ2n) is 9.16. The number of hydrogen-bond donors (Lipinski definition) is 2. The third-order valence-electron chi connectivity index (χ3n) is 6.54. The van der Waals surface area contributed by atoms with E-state index >= 15 is 0 Å². The van der Waals surface area contributed by atoms with Crippen LogP contribution in [0.25, 0.3) is 10.9 Å². The van der Waals surface area contributed by atoms with Gasteiger partial charge in [0, 0.05) is 17.3 Å². The van der Waals surface area contributed by atoms with Crippen molar-refractivity contribution in [1.82, 2.24) is 9.71 Å². The van der Waals surface area contributed by atoms with Gasteiger partial charge in [-0.05, 0) is 48.5 Å². The number of para-hydroxylation sites is 2. The van der Waals surface area contributed by atoms with Crippen LogP contribution in [0.3, 0.4) is 0 Å². The molecule has 0 saturated carbocycles. The second kappa shape index (κ2) is 10.6. The van der Waals surface area contributed by atoms with Crippen molar-refractivity contribution >= 4 is 32.7 Å². The molecule has 1 amide bonds. The minimum absolute atomic E-state index is 0.0782. The zero-order chi connectivity index (χ0) is 26.8. The monoisotopic (exact) mass is 547 g/mol. The fourth-order valence-corrected chi connectivity index (χ4v) is 6.15. The maximum Gasteiger partial charge on any atom is 0.412 e. The Balaban J connectivity index is 1.05. The average Bonchev–Trinajstić information content (AvgIpc) is 3.53. The molecular formula is C28H25N3O7S. The minimum Gasteiger partial charge on any atom is -0.457 e. The maximum atomic E-state index is 13.2. The molecule has 3 aromatic carbocycles. The van der Waals surface area contributed by atoms with Crippen molar-refractivity contribution in [2.45, 2.75) is 29.2 Å². The van der Waals surface area contributed by atoms with E-state index in [1.807, 2.05) is 30.3 Å². The first-order chi connectivity index (χ1) is 19.0. The Hall–Kier alpha value is -4.03. The molecule has 10 nitrogen and oxygen atoms in total. The Bertz CT molecular complexity index is 1580. The lowest BCUT2D eigenvalue weighted by Gasteiger charge is -2.18. The Labute approximate surface area is 224 Å². The van der Waals surface area contributed by atoms with Crippen molar-refractivity contribution in [3.8, 4) is 11.5 Å². The first kappa shape index (κ1) is 25.3. The SMILES string of the molecule is O=C(Nc1ccc(Oc2ccccc2)cc1)O[C@@H]1CO[C@H]2[C@@H]1OC[C@@H]2NS(=O)(=O)c1cccc2cccnc12. The van der Waals surface area contributed by atoms with E-state index in [-0.39, 0.29) is 18.1 Å². The molecule has 39 heavy (non-hydrogen) atoms. The summed E-state index contributed by atoms with van der Waals surface area (Å²) in [6, 6.07) is 24.1. The number of carbonyl (C=O) groups excluding carboxylic acids is 1. The molecule has 200 valence electrons. The Morgan fingerprint density at radius 2 is 1.59 bits per heavy atom. The van der Waals surface area contributed by atoms with Crippen molar-refractivity contribution in [3.63, 3.8) is 0 Å². The van der Waals surface area contributed by atoms with E-state index in [1.54, 1.807) is 54.7 Å². The van der Waals surface area contributed by atoms with Crippen LogP contribution >= 0.6 is 0 Å². The van der Waals surface area contributed by atoms with Crippen LogP contribution in [0.15, 0.2) is 96.0 Å². The third-order valence-corrected chi connectivity index (χ3v) is 8.06. The molecule has 4 atom stereocenters. The molecule has 6 rings (SSSR count). The molecule has 2 N–H and O–H groups in total. The number of pyridine rings is 1. The molecule has 2 fully saturated rings. The van der Waals surface area contributed by atoms with E-state index < -0.39 is 40.5 Å². The van der Waals surface area contributed by atoms with E-state index in [0.717, 1.165) is 5.39 Å². The summed E-state index contributed by atoms with van der Waals surface area (Å²) >= 11 is 0. The van der Waals surface area contributed by atoms with Crippen LogP contribution in [0.4, 0.5) is 10.5 Å². The molecule has 2 aliphatic heterocycles. The number of nitrogens with one attached hydrogen (secondary N) is 2. The van der Waals surface area contributed by atoms with Crippen LogP contribution in [0.2, 0.25) is 0 Å². The molecule has 11 heteroatoms. The number of rotatable bonds is 7. The molecule has 2 aliphatic rings. The average molecular weight is 548 g/mol. The van der Waals surface area contributed by atoms with Gasteiger partial charge in [-0.1, -0.05) is 36.4 Å². The summed E-state index contributed by atoms with van der Waals surface area (Å²) in [5.74, 6) is 1.33. The van der Waals surface area contributed by atoms with Gasteiger partial charge >= 0.3 is 6.09 Å². The minimum atomic E-state index is -3.92. The van der Waals surface area contributed by atoms with Crippen molar-refractivity contribution in [2.75, 3.05) is 18.5 Å². The van der Waals surface area contributed by atoms with Crippen LogP contribution in [-0.4, -0.2) is 57.1 Å². The van der Waals surface area contributed by atoms with Gasteiger partial charge in [0.2, 0.25) is 10.0 Å². The van der Waals surface area contributed by atoms with Crippen LogP contribution < -0.4 is 14.8 Å². The zero-order valence-electron chi connectivity index (χ0n) is 20.6. The number of anilines is 1. The third kappa shape index (κ3) is 5.43. The lowest BCUT2D eigenvalue weighted by Crippen LogP contribution is -2.44. The normalized spacial score (nSPS) is 22.4. The van der Waals surface area contributed by atoms with Gasteiger partial charge in [0.1, 0.15) is 28.6 Å². The summed E-state index contributed by atoms with van der Waals surface area (Å²) in [5, 5.41) is 3.40. The number of fused-ring (bicyclic) bond motifs is 2. The fourth-order valence-electron chi connectivity index (χ4n) is 4.74. The highest BCUT2D eigenvalue weighted by atomic mass is 32.2. The number of amides is 1. The zero-order valence-corrected chi connectivity index (χ0v) is 21.4. The van der Waals surface area contributed by atoms with E-state index in [1.165, 1.54) is 6.07 Å². The molecule has 4 aromatic rings. The fraction of sp³-hybridized carbons (Fsp3) is 0.214. The first-order valence-electron chi connectivity index (χ1n) is 12.4. The van der Waals surface area contributed by atoms with Gasteiger partial charge in [-0.3, -0.25) is 10.3 Å². The van der Waals surface area contributed by atoms with Crippen molar-refractivity contribution in [2.24, 2.45) is 0 Å². The quantitative estimate of drug-likeness (QED) is 0.355. The van der Waals surface area contributed by atoms with Crippen LogP contribution in [0.5, 0.6) is 11.5 Å². The number of nitrogens with zero attached hydrogens (tertiary/aromatic N) is 1. The number of hydrogen-bond acceptors (Lipinski definition) is 8. The summed E-state index contributed by atoms with van der Waals surface area (Å²) in [5.41, 5.74) is 0.908. The predicted octanol–water partition coefficient (Wildman–Crippen LogP) is 4.09. The van der Waals surface area contributed by atoms with Gasteiger partial charge in [0.05, 0.1) is 24.8 Å². The van der Waals surface area contributed by atoms with E-state index in [2.05, 4.69) is 15.0 Å². The van der Waals surface area contributed by atoms with Gasteiger partial charge in [-0.25, -0.2) is 17.9 Å². The Kier molecular flexibility index (Phi) is 6.88. The lowest BCUT2D eigenvalue weighted by atomic mass is 10.1. The maximum absolute atomic E-state index is 13.2. The van der Waals surface area contributed by atoms with Crippen molar-refractivity contribution < 1.29 is 32.2 Å². The number of benzene rings is 3. The Morgan fingerprint density at radius 3 is 2.41 bits per heavy atom. The lowest BCUT2D eigenvalue weighted by molar-refractivity contribution is 0.00883. The van der Waals surface area contributed by atoms with Gasteiger partial charge in [-0.2, -0.15) is 0 Å². The number of sulfonamides is 1. The number of carbonyl (C=O) groups is 1. The van der Waals surface area contributed by atoms with Crippen molar-refractivity contribution in [1.29, 1.82) is 0 Å².